The van der Waals surface area contributed by atoms with Crippen LogP contribution in [0.3, 0.4) is 0 Å². The molecule has 29 heavy (non-hydrogen) atoms. The van der Waals surface area contributed by atoms with Gasteiger partial charge in [-0.15, -0.1) is 0 Å². The van der Waals surface area contributed by atoms with E-state index in [4.69, 9.17) is 5.26 Å². The van der Waals surface area contributed by atoms with Gasteiger partial charge in [0.1, 0.15) is 17.7 Å². The van der Waals surface area contributed by atoms with Crippen LogP contribution in [0, 0.1) is 23.0 Å². The molecule has 1 aliphatic rings. The van der Waals surface area contributed by atoms with Crippen molar-refractivity contribution < 1.29 is 31.5 Å². The standard InChI is InChI=1S/C20H11F5N2O2/c1-2-11-12(7-10-3-4-14(20(23,24)25)16(8-26)27-10)18(28)13-5-9(21)6-15(22)17(13)19(11)29/h3-6H,2,7H2,1H3. The van der Waals surface area contributed by atoms with Crippen molar-refractivity contribution in [2.24, 2.45) is 0 Å². The Bertz CT molecular complexity index is 1130. The SMILES string of the molecule is CCC1=C(Cc2ccc(C(F)(F)F)c(C#N)n2)C(=O)c2cc(F)cc(F)c2C1=O. The van der Waals surface area contributed by atoms with Crippen LogP contribution >= 0.6 is 0 Å². The van der Waals surface area contributed by atoms with Gasteiger partial charge in [-0.1, -0.05) is 6.92 Å². The number of ketones is 2. The van der Waals surface area contributed by atoms with E-state index < -0.39 is 51.8 Å². The van der Waals surface area contributed by atoms with E-state index in [1.807, 2.05) is 0 Å². The molecule has 0 saturated carbocycles. The lowest BCUT2D eigenvalue weighted by Crippen LogP contribution is -2.25. The van der Waals surface area contributed by atoms with E-state index in [1.165, 1.54) is 6.07 Å². The van der Waals surface area contributed by atoms with Gasteiger partial charge in [-0.05, 0) is 24.6 Å². The second kappa shape index (κ2) is 7.20. The second-order valence-electron chi connectivity index (χ2n) is 6.26. The molecule has 148 valence electrons. The van der Waals surface area contributed by atoms with Crippen molar-refractivity contribution in [2.45, 2.75) is 25.9 Å². The van der Waals surface area contributed by atoms with E-state index in [0.29, 0.717) is 12.1 Å². The number of carbonyl (C=O) groups is 2. The highest BCUT2D eigenvalue weighted by atomic mass is 19.4. The molecule has 0 atom stereocenters. The maximum absolute atomic E-state index is 14.1. The van der Waals surface area contributed by atoms with E-state index in [0.717, 1.165) is 12.1 Å². The van der Waals surface area contributed by atoms with Gasteiger partial charge >= 0.3 is 6.18 Å². The van der Waals surface area contributed by atoms with Crippen molar-refractivity contribution in [1.29, 1.82) is 5.26 Å². The lowest BCUT2D eigenvalue weighted by molar-refractivity contribution is -0.138. The maximum Gasteiger partial charge on any atom is 0.419 e. The van der Waals surface area contributed by atoms with E-state index in [1.54, 1.807) is 6.92 Å². The summed E-state index contributed by atoms with van der Waals surface area (Å²) in [7, 11) is 0. The lowest BCUT2D eigenvalue weighted by Gasteiger charge is -2.21. The third-order valence-corrected chi connectivity index (χ3v) is 4.51. The zero-order valence-electron chi connectivity index (χ0n) is 14.8. The number of pyridine rings is 1. The van der Waals surface area contributed by atoms with Gasteiger partial charge in [0.05, 0.1) is 11.1 Å². The Morgan fingerprint density at radius 1 is 1.07 bits per heavy atom. The average Bonchev–Trinajstić information content (AvgIpc) is 2.64. The molecule has 0 radical (unpaired) electrons. The molecule has 0 spiro atoms. The molecule has 0 saturated heterocycles. The van der Waals surface area contributed by atoms with Crippen LogP contribution in [0.2, 0.25) is 0 Å². The fourth-order valence-corrected chi connectivity index (χ4v) is 3.23. The second-order valence-corrected chi connectivity index (χ2v) is 6.26. The Hall–Kier alpha value is -3.41. The fraction of sp³-hybridized carbons (Fsp3) is 0.200. The van der Waals surface area contributed by atoms with Gasteiger partial charge in [0.25, 0.3) is 0 Å². The van der Waals surface area contributed by atoms with Crippen molar-refractivity contribution in [3.05, 3.63) is 75.1 Å². The summed E-state index contributed by atoms with van der Waals surface area (Å²) in [6.07, 6.45) is -5.10. The number of fused-ring (bicyclic) bond motifs is 1. The van der Waals surface area contributed by atoms with Gasteiger partial charge in [0, 0.05) is 34.9 Å². The Morgan fingerprint density at radius 3 is 2.34 bits per heavy atom. The zero-order chi connectivity index (χ0) is 21.5. The van der Waals surface area contributed by atoms with Gasteiger partial charge in [0.15, 0.2) is 17.3 Å². The molecule has 1 aromatic carbocycles. The normalized spacial score (nSPS) is 14.1. The molecule has 1 heterocycles. The molecule has 4 nitrogen and oxygen atoms in total. The van der Waals surface area contributed by atoms with E-state index >= 15 is 0 Å². The van der Waals surface area contributed by atoms with Crippen molar-refractivity contribution in [2.75, 3.05) is 0 Å². The van der Waals surface area contributed by atoms with Crippen LogP contribution in [0.1, 0.15) is 51.0 Å². The monoisotopic (exact) mass is 406 g/mol. The molecule has 3 rings (SSSR count). The number of nitrogens with zero attached hydrogens (tertiary/aromatic N) is 2. The number of hydrogen-bond donors (Lipinski definition) is 0. The summed E-state index contributed by atoms with van der Waals surface area (Å²) < 4.78 is 66.4. The first-order chi connectivity index (χ1) is 13.6. The predicted octanol–water partition coefficient (Wildman–Crippen LogP) is 4.58. The largest absolute Gasteiger partial charge is 0.419 e. The molecular formula is C20H11F5N2O2. The van der Waals surface area contributed by atoms with Gasteiger partial charge in [-0.3, -0.25) is 9.59 Å². The first-order valence-corrected chi connectivity index (χ1v) is 8.36. The van der Waals surface area contributed by atoms with Crippen LogP contribution in [0.15, 0.2) is 35.4 Å². The molecule has 0 fully saturated rings. The quantitative estimate of drug-likeness (QED) is 0.700. The van der Waals surface area contributed by atoms with E-state index in [2.05, 4.69) is 4.98 Å². The highest BCUT2D eigenvalue weighted by Gasteiger charge is 2.36. The number of nitriles is 1. The molecule has 9 heteroatoms. The number of rotatable bonds is 3. The Balaban J connectivity index is 2.10. The Morgan fingerprint density at radius 2 is 1.76 bits per heavy atom. The molecule has 2 aromatic rings. The molecule has 0 aliphatic heterocycles. The number of benzene rings is 1. The minimum atomic E-state index is -4.78. The van der Waals surface area contributed by atoms with Gasteiger partial charge in [0.2, 0.25) is 0 Å². The lowest BCUT2D eigenvalue weighted by atomic mass is 9.81. The summed E-state index contributed by atoms with van der Waals surface area (Å²) in [6.45, 7) is 1.55. The van der Waals surface area contributed by atoms with Gasteiger partial charge < -0.3 is 0 Å². The first-order valence-electron chi connectivity index (χ1n) is 8.36. The smallest absolute Gasteiger partial charge is 0.289 e. The minimum absolute atomic E-state index is 0.0341. The van der Waals surface area contributed by atoms with Crippen LogP contribution in [0.4, 0.5) is 22.0 Å². The van der Waals surface area contributed by atoms with Crippen molar-refractivity contribution in [3.8, 4) is 6.07 Å². The number of Topliss-reactive ketones (excluding diaryl/α,β-unsaturated/α-hetero) is 2. The van der Waals surface area contributed by atoms with Crippen LogP contribution in [0.5, 0.6) is 0 Å². The topological polar surface area (TPSA) is 70.8 Å². The highest BCUT2D eigenvalue weighted by molar-refractivity contribution is 6.27. The van der Waals surface area contributed by atoms with E-state index in [-0.39, 0.29) is 29.7 Å². The minimum Gasteiger partial charge on any atom is -0.289 e. The van der Waals surface area contributed by atoms with Gasteiger partial charge in [-0.25, -0.2) is 13.8 Å². The molecule has 0 N–H and O–H groups in total. The third kappa shape index (κ3) is 3.53. The first kappa shape index (κ1) is 20.3. The molecule has 0 bridgehead atoms. The van der Waals surface area contributed by atoms with Crippen LogP contribution in [-0.2, 0) is 12.6 Å². The average molecular weight is 406 g/mol. The van der Waals surface area contributed by atoms with E-state index in [9.17, 15) is 31.5 Å². The maximum atomic E-state index is 14.1. The molecular weight excluding hydrogens is 395 g/mol. The van der Waals surface area contributed by atoms with Crippen LogP contribution < -0.4 is 0 Å². The number of alkyl halides is 3. The van der Waals surface area contributed by atoms with Crippen molar-refractivity contribution in [1.82, 2.24) is 4.98 Å². The van der Waals surface area contributed by atoms with Crippen LogP contribution in [-0.4, -0.2) is 16.6 Å². The summed E-state index contributed by atoms with van der Waals surface area (Å²) in [5, 5.41) is 8.97. The number of allylic oxidation sites excluding steroid dienone is 2. The summed E-state index contributed by atoms with van der Waals surface area (Å²) in [5.41, 5.74) is -3.30. The molecule has 1 aliphatic carbocycles. The highest BCUT2D eigenvalue weighted by Crippen LogP contribution is 2.34. The predicted molar refractivity (Wildman–Crippen MR) is 90.0 cm³/mol. The Labute approximate surface area is 161 Å². The van der Waals surface area contributed by atoms with Gasteiger partial charge in [-0.2, -0.15) is 18.4 Å². The summed E-state index contributed by atoms with van der Waals surface area (Å²) in [5.74, 6) is -3.80. The Kier molecular flexibility index (Phi) is 5.05. The van der Waals surface area contributed by atoms with Crippen LogP contribution in [0.25, 0.3) is 0 Å². The third-order valence-electron chi connectivity index (χ3n) is 4.51. The molecule has 1 aromatic heterocycles. The number of carbonyl (C=O) groups excluding carboxylic acids is 2. The number of aromatic nitrogens is 1. The summed E-state index contributed by atoms with van der Waals surface area (Å²) >= 11 is 0. The van der Waals surface area contributed by atoms with Crippen molar-refractivity contribution >= 4 is 11.6 Å². The fourth-order valence-electron chi connectivity index (χ4n) is 3.23. The number of halogens is 5. The molecule has 0 amide bonds. The number of hydrogen-bond acceptors (Lipinski definition) is 4. The molecule has 0 unspecified atom stereocenters. The summed E-state index contributed by atoms with van der Waals surface area (Å²) in [6, 6.07) is 4.25. The zero-order valence-corrected chi connectivity index (χ0v) is 14.8. The van der Waals surface area contributed by atoms with Crippen molar-refractivity contribution in [3.63, 3.8) is 0 Å². The summed E-state index contributed by atoms with van der Waals surface area (Å²) in [4.78, 5) is 29.1.